The largest absolute Gasteiger partial charge is 0.481 e. The number of carboxylic acid groups (broad SMARTS) is 2. The Morgan fingerprint density at radius 1 is 0.392 bits per heavy atom. The van der Waals surface area contributed by atoms with Gasteiger partial charge in [-0.2, -0.15) is 0 Å². The second-order valence-corrected chi connectivity index (χ2v) is 16.4. The third kappa shape index (κ3) is 25.5. The summed E-state index contributed by atoms with van der Waals surface area (Å²) in [5.41, 5.74) is 4.88. The van der Waals surface area contributed by atoms with Crippen LogP contribution in [0.25, 0.3) is 0 Å². The van der Waals surface area contributed by atoms with Crippen LogP contribution in [0, 0.1) is 10.8 Å². The van der Waals surface area contributed by atoms with Gasteiger partial charge in [0.1, 0.15) is 0 Å². The van der Waals surface area contributed by atoms with Crippen molar-refractivity contribution in [2.45, 2.75) is 240 Å². The van der Waals surface area contributed by atoms with Gasteiger partial charge in [0.05, 0.1) is 10.8 Å². The van der Waals surface area contributed by atoms with Crippen molar-refractivity contribution < 1.29 is 19.8 Å². The van der Waals surface area contributed by atoms with Crippen LogP contribution in [0.5, 0.6) is 0 Å². The fraction of sp³-hybridized carbons (Fsp3) is 0.956. The highest BCUT2D eigenvalue weighted by Gasteiger charge is 2.37. The lowest BCUT2D eigenvalue weighted by atomic mass is 9.74. The average molecular weight is 723 g/mol. The molecule has 0 saturated heterocycles. The highest BCUT2D eigenvalue weighted by atomic mass is 16.4. The smallest absolute Gasteiger partial charge is 0.309 e. The van der Waals surface area contributed by atoms with Gasteiger partial charge in [-0.3, -0.25) is 9.59 Å². The lowest BCUT2D eigenvalue weighted by Gasteiger charge is -2.30. The maximum absolute atomic E-state index is 12.4. The number of hydrogen-bond acceptors (Lipinski definition) is 4. The van der Waals surface area contributed by atoms with Crippen molar-refractivity contribution in [2.24, 2.45) is 16.6 Å². The molecule has 51 heavy (non-hydrogen) atoms. The minimum atomic E-state index is -0.548. The third-order valence-corrected chi connectivity index (χ3v) is 11.9. The van der Waals surface area contributed by atoms with E-state index in [9.17, 15) is 19.8 Å². The monoisotopic (exact) mass is 723 g/mol. The molecule has 0 aromatic rings. The van der Waals surface area contributed by atoms with E-state index in [0.29, 0.717) is 0 Å². The first-order valence-electron chi connectivity index (χ1n) is 22.7. The summed E-state index contributed by atoms with van der Waals surface area (Å²) in [5, 5.41) is 20.4. The van der Waals surface area contributed by atoms with Crippen LogP contribution in [0.15, 0.2) is 0 Å². The van der Waals surface area contributed by atoms with E-state index < -0.39 is 22.8 Å². The molecule has 0 spiro atoms. The maximum Gasteiger partial charge on any atom is 0.309 e. The second-order valence-electron chi connectivity index (χ2n) is 16.4. The Hall–Kier alpha value is -1.14. The van der Waals surface area contributed by atoms with Gasteiger partial charge in [0.25, 0.3) is 0 Å². The zero-order chi connectivity index (χ0) is 37.9. The zero-order valence-corrected chi connectivity index (χ0v) is 34.9. The molecule has 4 N–H and O–H groups in total. The molecule has 6 nitrogen and oxygen atoms in total. The van der Waals surface area contributed by atoms with Crippen LogP contribution in [0.3, 0.4) is 0 Å². The predicted octanol–water partition coefficient (Wildman–Crippen LogP) is 13.3. The first-order chi connectivity index (χ1) is 24.8. The lowest BCUT2D eigenvalue weighted by molar-refractivity contribution is -0.151. The Labute approximate surface area is 318 Å². The first-order valence-corrected chi connectivity index (χ1v) is 22.7. The van der Waals surface area contributed by atoms with Crippen LogP contribution in [0.1, 0.15) is 240 Å². The molecule has 0 radical (unpaired) electrons. The fourth-order valence-electron chi connectivity index (χ4n) is 8.22. The summed E-state index contributed by atoms with van der Waals surface area (Å²) in [6.45, 7) is 13.0. The normalized spacial score (nSPS) is 14.2. The van der Waals surface area contributed by atoms with Gasteiger partial charge in [0.2, 0.25) is 0 Å². The van der Waals surface area contributed by atoms with Crippen LogP contribution >= 0.6 is 0 Å². The molecule has 0 aromatic heterocycles. The van der Waals surface area contributed by atoms with Gasteiger partial charge in [0.15, 0.2) is 0 Å². The minimum Gasteiger partial charge on any atom is -0.481 e. The van der Waals surface area contributed by atoms with Crippen molar-refractivity contribution in [3.8, 4) is 0 Å². The molecular formula is C45H90N2O4. The molecular weight excluding hydrogens is 633 g/mol. The number of carbonyl (C=O) groups is 2. The molecule has 0 amide bonds. The van der Waals surface area contributed by atoms with Crippen molar-refractivity contribution in [3.63, 3.8) is 0 Å². The van der Waals surface area contributed by atoms with Crippen LogP contribution < -0.4 is 5.73 Å². The molecule has 0 fully saturated rings. The van der Waals surface area contributed by atoms with E-state index in [4.69, 9.17) is 5.73 Å². The van der Waals surface area contributed by atoms with E-state index in [1.165, 1.54) is 129 Å². The standard InChI is InChI=1S/C45H90N2O4/c1-5-9-13-25-34-44(42(48)49,32-11-7-3)36-27-21-17-15-19-23-29-39-47(41-31-38-46)40-30-24-20-16-18-22-28-37-45(43(50)51,33-12-8-4)35-26-14-10-6-2/h5-41,46H2,1-4H3,(H,48,49)(H,50,51). The number of nitrogens with two attached hydrogens (primary N) is 1. The molecule has 2 unspecified atom stereocenters. The molecule has 0 aliphatic carbocycles. The maximum atomic E-state index is 12.4. The first kappa shape index (κ1) is 49.9. The summed E-state index contributed by atoms with van der Waals surface area (Å²) in [7, 11) is 0. The SMILES string of the molecule is CCCCCCC(CCCC)(CCCCCCCCCN(CCCN)CCCCCCCCCC(CCCC)(CCCCCC)C(=O)O)C(=O)O. The van der Waals surface area contributed by atoms with Crippen LogP contribution in [-0.2, 0) is 9.59 Å². The van der Waals surface area contributed by atoms with Crippen molar-refractivity contribution >= 4 is 11.9 Å². The third-order valence-electron chi connectivity index (χ3n) is 11.9. The van der Waals surface area contributed by atoms with E-state index in [2.05, 4.69) is 32.6 Å². The molecule has 0 bridgehead atoms. The second kappa shape index (κ2) is 34.6. The molecule has 0 saturated carbocycles. The van der Waals surface area contributed by atoms with Gasteiger partial charge in [-0.1, -0.05) is 182 Å². The Kier molecular flexibility index (Phi) is 33.8. The number of nitrogens with zero attached hydrogens (tertiary/aromatic N) is 1. The number of rotatable bonds is 41. The van der Waals surface area contributed by atoms with Crippen LogP contribution in [0.4, 0.5) is 0 Å². The van der Waals surface area contributed by atoms with Gasteiger partial charge in [-0.25, -0.2) is 0 Å². The van der Waals surface area contributed by atoms with Gasteiger partial charge in [-0.05, 0) is 84.0 Å². The van der Waals surface area contributed by atoms with E-state index in [-0.39, 0.29) is 0 Å². The molecule has 0 aromatic carbocycles. The van der Waals surface area contributed by atoms with E-state index in [0.717, 1.165) is 109 Å². The minimum absolute atomic E-state index is 0.491. The summed E-state index contributed by atoms with van der Waals surface area (Å²) < 4.78 is 0. The molecule has 0 aliphatic heterocycles. The molecule has 2 atom stereocenters. The van der Waals surface area contributed by atoms with E-state index in [1.807, 2.05) is 0 Å². The Bertz CT molecular complexity index is 732. The van der Waals surface area contributed by atoms with Crippen molar-refractivity contribution in [2.75, 3.05) is 26.2 Å². The number of aliphatic carboxylic acids is 2. The zero-order valence-electron chi connectivity index (χ0n) is 34.9. The summed E-state index contributed by atoms with van der Waals surface area (Å²) in [5.74, 6) is -1.10. The topological polar surface area (TPSA) is 104 Å². The molecule has 304 valence electrons. The summed E-state index contributed by atoms with van der Waals surface area (Å²) in [6, 6.07) is 0. The highest BCUT2D eigenvalue weighted by molar-refractivity contribution is 5.75. The number of unbranched alkanes of at least 4 members (excludes halogenated alkanes) is 20. The summed E-state index contributed by atoms with van der Waals surface area (Å²) in [6.07, 6.45) is 36.8. The molecule has 0 aliphatic rings. The van der Waals surface area contributed by atoms with Crippen molar-refractivity contribution in [1.82, 2.24) is 4.90 Å². The Morgan fingerprint density at radius 3 is 0.941 bits per heavy atom. The van der Waals surface area contributed by atoms with Gasteiger partial charge < -0.3 is 20.8 Å². The molecule has 0 rings (SSSR count). The molecule has 0 heterocycles. The Balaban J connectivity index is 4.28. The fourth-order valence-corrected chi connectivity index (χ4v) is 8.22. The van der Waals surface area contributed by atoms with Gasteiger partial charge in [0, 0.05) is 0 Å². The van der Waals surface area contributed by atoms with Gasteiger partial charge in [-0.15, -0.1) is 0 Å². The average Bonchev–Trinajstić information content (AvgIpc) is 3.12. The molecule has 6 heteroatoms. The Morgan fingerprint density at radius 2 is 0.647 bits per heavy atom. The number of carboxylic acids is 2. The summed E-state index contributed by atoms with van der Waals surface area (Å²) >= 11 is 0. The van der Waals surface area contributed by atoms with Gasteiger partial charge >= 0.3 is 11.9 Å². The summed E-state index contributed by atoms with van der Waals surface area (Å²) in [4.78, 5) is 27.4. The van der Waals surface area contributed by atoms with Crippen molar-refractivity contribution in [3.05, 3.63) is 0 Å². The van der Waals surface area contributed by atoms with E-state index >= 15 is 0 Å². The highest BCUT2D eigenvalue weighted by Crippen LogP contribution is 2.39. The van der Waals surface area contributed by atoms with Crippen LogP contribution in [0.2, 0.25) is 0 Å². The van der Waals surface area contributed by atoms with E-state index in [1.54, 1.807) is 0 Å². The predicted molar refractivity (Wildman–Crippen MR) is 221 cm³/mol. The number of hydrogen-bond donors (Lipinski definition) is 3. The van der Waals surface area contributed by atoms with Crippen LogP contribution in [-0.4, -0.2) is 53.2 Å². The quantitative estimate of drug-likeness (QED) is 0.0543. The van der Waals surface area contributed by atoms with Crippen molar-refractivity contribution in [1.29, 1.82) is 0 Å². The lowest BCUT2D eigenvalue weighted by Crippen LogP contribution is -2.31.